The smallest absolute Gasteiger partial charge is 0.287 e. The molecule has 2 aromatic heterocycles. The van der Waals surface area contributed by atoms with Crippen LogP contribution in [0.5, 0.6) is 0 Å². The fourth-order valence-corrected chi connectivity index (χ4v) is 2.21. The van der Waals surface area contributed by atoms with Gasteiger partial charge in [0.05, 0.1) is 17.8 Å². The van der Waals surface area contributed by atoms with Gasteiger partial charge in [-0.15, -0.1) is 0 Å². The molecule has 0 saturated carbocycles. The van der Waals surface area contributed by atoms with E-state index in [1.807, 2.05) is 0 Å². The Morgan fingerprint density at radius 3 is 2.59 bits per heavy atom. The van der Waals surface area contributed by atoms with Crippen LogP contribution in [0.1, 0.15) is 5.69 Å². The van der Waals surface area contributed by atoms with E-state index >= 15 is 0 Å². The van der Waals surface area contributed by atoms with Crippen molar-refractivity contribution in [3.05, 3.63) is 67.8 Å². The van der Waals surface area contributed by atoms with Crippen LogP contribution >= 0.6 is 34.8 Å². The van der Waals surface area contributed by atoms with Gasteiger partial charge in [0.1, 0.15) is 17.0 Å². The summed E-state index contributed by atoms with van der Waals surface area (Å²) in [6.07, 6.45) is 2.77. The predicted molar refractivity (Wildman–Crippen MR) is 84.6 cm³/mol. The lowest BCUT2D eigenvalue weighted by atomic mass is 10.2. The zero-order valence-electron chi connectivity index (χ0n) is 11.0. The molecule has 0 bridgehead atoms. The summed E-state index contributed by atoms with van der Waals surface area (Å²) in [5.41, 5.74) is 0.841. The van der Waals surface area contributed by atoms with Crippen LogP contribution in [0.3, 0.4) is 0 Å². The van der Waals surface area contributed by atoms with Crippen LogP contribution < -0.4 is 5.56 Å². The standard InChI is InChI=1S/C14H8Cl3N3O2/c15-9-3-1-8(2-4-9)13-19-10(7-22-13)6-20-14(21)12(17)11(16)5-18-20/h1-5,7H,6H2. The molecule has 0 aliphatic rings. The van der Waals surface area contributed by atoms with E-state index in [4.69, 9.17) is 39.2 Å². The number of hydrogen-bond donors (Lipinski definition) is 0. The quantitative estimate of drug-likeness (QED) is 0.714. The molecule has 112 valence electrons. The van der Waals surface area contributed by atoms with E-state index in [2.05, 4.69) is 10.1 Å². The molecule has 0 spiro atoms. The second-order valence-electron chi connectivity index (χ2n) is 4.42. The van der Waals surface area contributed by atoms with Crippen molar-refractivity contribution in [2.45, 2.75) is 6.54 Å². The van der Waals surface area contributed by atoms with Crippen LogP contribution in [0.15, 0.2) is 45.9 Å². The predicted octanol–water partition coefficient (Wildman–Crippen LogP) is 3.91. The summed E-state index contributed by atoms with van der Waals surface area (Å²) in [7, 11) is 0. The van der Waals surface area contributed by atoms with E-state index in [1.54, 1.807) is 24.3 Å². The Bertz CT molecular complexity index is 872. The first kappa shape index (κ1) is 15.1. The van der Waals surface area contributed by atoms with Gasteiger partial charge in [-0.3, -0.25) is 4.79 Å². The minimum atomic E-state index is -0.481. The number of halogens is 3. The average molecular weight is 357 g/mol. The monoisotopic (exact) mass is 355 g/mol. The third kappa shape index (κ3) is 3.02. The Hall–Kier alpha value is -1.82. The molecule has 0 amide bonds. The highest BCUT2D eigenvalue weighted by Crippen LogP contribution is 2.21. The first-order valence-corrected chi connectivity index (χ1v) is 7.29. The van der Waals surface area contributed by atoms with Crippen LogP contribution in [-0.4, -0.2) is 14.8 Å². The van der Waals surface area contributed by atoms with Crippen molar-refractivity contribution in [3.8, 4) is 11.5 Å². The molecule has 0 fully saturated rings. The van der Waals surface area contributed by atoms with Gasteiger partial charge in [0.2, 0.25) is 5.89 Å². The van der Waals surface area contributed by atoms with Gasteiger partial charge in [0.25, 0.3) is 5.56 Å². The first-order valence-electron chi connectivity index (χ1n) is 6.16. The lowest BCUT2D eigenvalue weighted by molar-refractivity contribution is 0.567. The van der Waals surface area contributed by atoms with Crippen LogP contribution in [-0.2, 0) is 6.54 Å². The third-order valence-electron chi connectivity index (χ3n) is 2.90. The molecular formula is C14H8Cl3N3O2. The number of hydrogen-bond acceptors (Lipinski definition) is 4. The Morgan fingerprint density at radius 1 is 1.14 bits per heavy atom. The second-order valence-corrected chi connectivity index (χ2v) is 5.64. The number of rotatable bonds is 3. The zero-order chi connectivity index (χ0) is 15.7. The topological polar surface area (TPSA) is 60.9 Å². The SMILES string of the molecule is O=c1c(Cl)c(Cl)cnn1Cc1coc(-c2ccc(Cl)cc2)n1. The van der Waals surface area contributed by atoms with Crippen molar-refractivity contribution in [2.75, 3.05) is 0 Å². The molecule has 3 aromatic rings. The maximum Gasteiger partial charge on any atom is 0.287 e. The van der Waals surface area contributed by atoms with Gasteiger partial charge in [-0.05, 0) is 24.3 Å². The molecule has 3 rings (SSSR count). The summed E-state index contributed by atoms with van der Waals surface area (Å²) in [6, 6.07) is 7.07. The zero-order valence-corrected chi connectivity index (χ0v) is 13.2. The highest BCUT2D eigenvalue weighted by atomic mass is 35.5. The van der Waals surface area contributed by atoms with Gasteiger partial charge in [-0.1, -0.05) is 34.8 Å². The molecule has 8 heteroatoms. The van der Waals surface area contributed by atoms with Gasteiger partial charge in [-0.2, -0.15) is 5.10 Å². The summed E-state index contributed by atoms with van der Waals surface area (Å²) in [4.78, 5) is 16.2. The van der Waals surface area contributed by atoms with E-state index in [0.29, 0.717) is 16.6 Å². The molecule has 0 unspecified atom stereocenters. The Kier molecular flexibility index (Phi) is 4.20. The average Bonchev–Trinajstić information content (AvgIpc) is 2.97. The van der Waals surface area contributed by atoms with Crippen LogP contribution in [0.2, 0.25) is 15.1 Å². The van der Waals surface area contributed by atoms with Crippen LogP contribution in [0.4, 0.5) is 0 Å². The van der Waals surface area contributed by atoms with Gasteiger partial charge >= 0.3 is 0 Å². The van der Waals surface area contributed by atoms with Crippen molar-refractivity contribution in [2.24, 2.45) is 0 Å². The van der Waals surface area contributed by atoms with Gasteiger partial charge in [-0.25, -0.2) is 9.67 Å². The maximum absolute atomic E-state index is 11.9. The Balaban J connectivity index is 1.87. The van der Waals surface area contributed by atoms with E-state index in [0.717, 1.165) is 10.2 Å². The summed E-state index contributed by atoms with van der Waals surface area (Å²) in [6.45, 7) is 0.132. The maximum atomic E-state index is 11.9. The molecule has 0 aliphatic heterocycles. The largest absolute Gasteiger partial charge is 0.444 e. The second kappa shape index (κ2) is 6.12. The molecule has 0 N–H and O–H groups in total. The Morgan fingerprint density at radius 2 is 1.86 bits per heavy atom. The van der Waals surface area contributed by atoms with Crippen LogP contribution in [0.25, 0.3) is 11.5 Å². The van der Waals surface area contributed by atoms with Crippen molar-refractivity contribution >= 4 is 34.8 Å². The molecule has 0 saturated heterocycles. The third-order valence-corrected chi connectivity index (χ3v) is 3.90. The summed E-state index contributed by atoms with van der Waals surface area (Å²) < 4.78 is 6.56. The number of nitrogens with zero attached hydrogens (tertiary/aromatic N) is 3. The highest BCUT2D eigenvalue weighted by molar-refractivity contribution is 6.41. The normalized spacial score (nSPS) is 10.9. The van der Waals surface area contributed by atoms with E-state index < -0.39 is 5.56 Å². The number of benzene rings is 1. The van der Waals surface area contributed by atoms with Crippen molar-refractivity contribution < 1.29 is 4.42 Å². The molecule has 0 aliphatic carbocycles. The van der Waals surface area contributed by atoms with Gasteiger partial charge in [0.15, 0.2) is 0 Å². The van der Waals surface area contributed by atoms with E-state index in [1.165, 1.54) is 12.5 Å². The van der Waals surface area contributed by atoms with Crippen molar-refractivity contribution in [1.29, 1.82) is 0 Å². The highest BCUT2D eigenvalue weighted by Gasteiger charge is 2.11. The van der Waals surface area contributed by atoms with Crippen molar-refractivity contribution in [1.82, 2.24) is 14.8 Å². The minimum Gasteiger partial charge on any atom is -0.444 e. The van der Waals surface area contributed by atoms with E-state index in [-0.39, 0.29) is 16.6 Å². The van der Waals surface area contributed by atoms with Crippen molar-refractivity contribution in [3.63, 3.8) is 0 Å². The van der Waals surface area contributed by atoms with E-state index in [9.17, 15) is 4.79 Å². The molecule has 2 heterocycles. The molecule has 22 heavy (non-hydrogen) atoms. The lowest BCUT2D eigenvalue weighted by Crippen LogP contribution is -2.23. The molecule has 0 atom stereocenters. The number of oxazole rings is 1. The summed E-state index contributed by atoms with van der Waals surface area (Å²) in [5, 5.41) is 4.59. The van der Waals surface area contributed by atoms with Gasteiger partial charge in [0, 0.05) is 10.6 Å². The van der Waals surface area contributed by atoms with Crippen LogP contribution in [0, 0.1) is 0 Å². The fourth-order valence-electron chi connectivity index (χ4n) is 1.82. The first-order chi connectivity index (χ1) is 10.5. The summed E-state index contributed by atoms with van der Waals surface area (Å²) in [5.74, 6) is 0.430. The lowest BCUT2D eigenvalue weighted by Gasteiger charge is -2.02. The molecular weight excluding hydrogens is 349 g/mol. The molecule has 1 aromatic carbocycles. The van der Waals surface area contributed by atoms with Gasteiger partial charge < -0.3 is 4.42 Å². The molecule has 0 radical (unpaired) electrons. The molecule has 5 nitrogen and oxygen atoms in total. The summed E-state index contributed by atoms with van der Waals surface area (Å²) >= 11 is 17.4. The number of aromatic nitrogens is 3. The fraction of sp³-hybridized carbons (Fsp3) is 0.0714. The minimum absolute atomic E-state index is 0.0712. The Labute approximate surface area is 140 Å².